The van der Waals surface area contributed by atoms with E-state index >= 15 is 0 Å². The molecule has 3 rings (SSSR count). The van der Waals surface area contributed by atoms with Gasteiger partial charge in [-0.25, -0.2) is 0 Å². The van der Waals surface area contributed by atoms with Crippen LogP contribution in [0.15, 0.2) is 30.3 Å². The lowest BCUT2D eigenvalue weighted by atomic mass is 10.0. The number of carbonyl (C=O) groups excluding carboxylic acids is 1. The van der Waals surface area contributed by atoms with Crippen molar-refractivity contribution < 1.29 is 4.79 Å². The quantitative estimate of drug-likeness (QED) is 0.854. The zero-order valence-electron chi connectivity index (χ0n) is 15.5. The lowest BCUT2D eigenvalue weighted by Gasteiger charge is -2.26. The fourth-order valence-corrected chi connectivity index (χ4v) is 3.76. The normalized spacial score (nSPS) is 17.4. The predicted octanol–water partition coefficient (Wildman–Crippen LogP) is 3.63. The van der Waals surface area contributed by atoms with Gasteiger partial charge in [0.2, 0.25) is 5.91 Å². The Morgan fingerprint density at radius 3 is 2.50 bits per heavy atom. The molecule has 1 amide bonds. The van der Waals surface area contributed by atoms with Crippen LogP contribution in [-0.2, 0) is 11.8 Å². The van der Waals surface area contributed by atoms with Gasteiger partial charge in [-0.1, -0.05) is 30.3 Å². The molecule has 1 aliphatic heterocycles. The van der Waals surface area contributed by atoms with Gasteiger partial charge in [0.1, 0.15) is 0 Å². The summed E-state index contributed by atoms with van der Waals surface area (Å²) in [6.07, 6.45) is 2.38. The molecule has 1 aliphatic rings. The molecule has 1 saturated heterocycles. The average molecular weight is 399 g/mol. The number of amides is 1. The fourth-order valence-electron chi connectivity index (χ4n) is 3.76. The number of nitrogens with zero attached hydrogens (tertiary/aromatic N) is 3. The van der Waals surface area contributed by atoms with Crippen LogP contribution in [0.5, 0.6) is 0 Å². The first kappa shape index (κ1) is 22.5. The third kappa shape index (κ3) is 4.40. The molecule has 26 heavy (non-hydrogen) atoms. The molecule has 5 nitrogen and oxygen atoms in total. The Morgan fingerprint density at radius 2 is 1.92 bits per heavy atom. The van der Waals surface area contributed by atoms with Crippen LogP contribution in [0, 0.1) is 13.8 Å². The number of carbonyl (C=O) groups is 1. The van der Waals surface area contributed by atoms with Crippen molar-refractivity contribution in [1.29, 1.82) is 0 Å². The van der Waals surface area contributed by atoms with Crippen LogP contribution in [-0.4, -0.2) is 27.1 Å². The molecule has 2 atom stereocenters. The maximum Gasteiger partial charge on any atom is 0.224 e. The average Bonchev–Trinajstić information content (AvgIpc) is 3.13. The van der Waals surface area contributed by atoms with Crippen molar-refractivity contribution in [3.63, 3.8) is 0 Å². The van der Waals surface area contributed by atoms with Gasteiger partial charge in [-0.3, -0.25) is 9.48 Å². The predicted molar refractivity (Wildman–Crippen MR) is 109 cm³/mol. The molecule has 0 saturated carbocycles. The summed E-state index contributed by atoms with van der Waals surface area (Å²) < 4.78 is 1.90. The van der Waals surface area contributed by atoms with E-state index < -0.39 is 0 Å². The zero-order chi connectivity index (χ0) is 17.3. The number of aromatic nitrogens is 2. The van der Waals surface area contributed by atoms with E-state index in [1.54, 1.807) is 0 Å². The van der Waals surface area contributed by atoms with Crippen LogP contribution in [0.25, 0.3) is 0 Å². The van der Waals surface area contributed by atoms with Gasteiger partial charge in [-0.15, -0.1) is 24.8 Å². The molecule has 1 aromatic carbocycles. The van der Waals surface area contributed by atoms with Gasteiger partial charge in [0.05, 0.1) is 11.7 Å². The maximum absolute atomic E-state index is 12.9. The van der Waals surface area contributed by atoms with Crippen molar-refractivity contribution in [3.05, 3.63) is 52.8 Å². The summed E-state index contributed by atoms with van der Waals surface area (Å²) in [5, 5.41) is 4.51. The van der Waals surface area contributed by atoms with Gasteiger partial charge in [0, 0.05) is 37.3 Å². The second kappa shape index (κ2) is 9.40. The van der Waals surface area contributed by atoms with Crippen LogP contribution < -0.4 is 5.73 Å². The summed E-state index contributed by atoms with van der Waals surface area (Å²) in [5.74, 6) is 0.136. The van der Waals surface area contributed by atoms with Crippen molar-refractivity contribution >= 4 is 30.7 Å². The Morgan fingerprint density at radius 1 is 1.27 bits per heavy atom. The summed E-state index contributed by atoms with van der Waals surface area (Å²) in [7, 11) is 1.96. The lowest BCUT2D eigenvalue weighted by Crippen LogP contribution is -2.33. The molecule has 0 aliphatic carbocycles. The van der Waals surface area contributed by atoms with Gasteiger partial charge in [0.25, 0.3) is 0 Å². The van der Waals surface area contributed by atoms with Crippen molar-refractivity contribution in [2.24, 2.45) is 12.8 Å². The number of hydrogen-bond donors (Lipinski definition) is 1. The Kier molecular flexibility index (Phi) is 8.13. The molecule has 2 aromatic rings. The highest BCUT2D eigenvalue weighted by Crippen LogP contribution is 2.36. The second-order valence-corrected chi connectivity index (χ2v) is 6.67. The molecule has 1 fully saturated rings. The first-order chi connectivity index (χ1) is 11.5. The monoisotopic (exact) mass is 398 g/mol. The van der Waals surface area contributed by atoms with Gasteiger partial charge in [0.15, 0.2) is 0 Å². The van der Waals surface area contributed by atoms with Crippen LogP contribution in [0.4, 0.5) is 0 Å². The number of likely N-dealkylation sites (tertiary alicyclic amines) is 1. The van der Waals surface area contributed by atoms with Crippen molar-refractivity contribution in [1.82, 2.24) is 14.7 Å². The lowest BCUT2D eigenvalue weighted by molar-refractivity contribution is -0.132. The van der Waals surface area contributed by atoms with Crippen LogP contribution in [0.3, 0.4) is 0 Å². The minimum absolute atomic E-state index is 0. The minimum Gasteiger partial charge on any atom is -0.335 e. The standard InChI is InChI=1S/C19H26N4O.2ClH/c1-13-19(14(2)22(3)21-13)17-10-7-11-23(17)18(24)12-16(20)15-8-5-4-6-9-15;;/h4-6,8-9,16-17H,7,10-12,20H2,1-3H3;2*1H. The number of nitrogens with two attached hydrogens (primary N) is 1. The number of halogens is 2. The van der Waals surface area contributed by atoms with Gasteiger partial charge < -0.3 is 10.6 Å². The van der Waals surface area contributed by atoms with Gasteiger partial charge in [-0.05, 0) is 32.3 Å². The van der Waals surface area contributed by atoms with Crippen LogP contribution in [0.2, 0.25) is 0 Å². The van der Waals surface area contributed by atoms with Gasteiger partial charge >= 0.3 is 0 Å². The molecular weight excluding hydrogens is 371 g/mol. The highest BCUT2D eigenvalue weighted by molar-refractivity contribution is 5.85. The summed E-state index contributed by atoms with van der Waals surface area (Å²) in [5.41, 5.74) is 10.6. The van der Waals surface area contributed by atoms with E-state index in [1.807, 2.05) is 53.9 Å². The smallest absolute Gasteiger partial charge is 0.224 e. The van der Waals surface area contributed by atoms with E-state index in [2.05, 4.69) is 12.0 Å². The molecule has 2 heterocycles. The first-order valence-electron chi connectivity index (χ1n) is 8.59. The van der Waals surface area contributed by atoms with Crippen molar-refractivity contribution in [2.45, 2.75) is 45.2 Å². The first-order valence-corrected chi connectivity index (χ1v) is 8.59. The second-order valence-electron chi connectivity index (χ2n) is 6.67. The third-order valence-electron chi connectivity index (χ3n) is 5.09. The Hall–Kier alpha value is -1.56. The van der Waals surface area contributed by atoms with E-state index in [1.165, 1.54) is 5.56 Å². The molecule has 2 N–H and O–H groups in total. The van der Waals surface area contributed by atoms with E-state index in [0.29, 0.717) is 6.42 Å². The van der Waals surface area contributed by atoms with E-state index in [4.69, 9.17) is 5.73 Å². The molecule has 7 heteroatoms. The summed E-state index contributed by atoms with van der Waals surface area (Å²) in [6.45, 7) is 4.91. The van der Waals surface area contributed by atoms with Crippen LogP contribution >= 0.6 is 24.8 Å². The summed E-state index contributed by atoms with van der Waals surface area (Å²) in [4.78, 5) is 14.9. The van der Waals surface area contributed by atoms with E-state index in [0.717, 1.165) is 36.3 Å². The van der Waals surface area contributed by atoms with E-state index in [-0.39, 0.29) is 42.8 Å². The summed E-state index contributed by atoms with van der Waals surface area (Å²) >= 11 is 0. The molecular formula is C19H28Cl2N4O. The number of rotatable bonds is 4. The third-order valence-corrected chi connectivity index (χ3v) is 5.09. The molecule has 1 aromatic heterocycles. The highest BCUT2D eigenvalue weighted by atomic mass is 35.5. The Balaban J connectivity index is 0.00000169. The molecule has 2 unspecified atom stereocenters. The number of hydrogen-bond acceptors (Lipinski definition) is 3. The highest BCUT2D eigenvalue weighted by Gasteiger charge is 2.33. The fraction of sp³-hybridized carbons (Fsp3) is 0.474. The van der Waals surface area contributed by atoms with Crippen molar-refractivity contribution in [2.75, 3.05) is 6.54 Å². The largest absolute Gasteiger partial charge is 0.335 e. The molecule has 0 radical (unpaired) electrons. The molecule has 0 spiro atoms. The maximum atomic E-state index is 12.9. The molecule has 0 bridgehead atoms. The SMILES string of the molecule is Cc1nn(C)c(C)c1C1CCCN1C(=O)CC(N)c1ccccc1.Cl.Cl. The topological polar surface area (TPSA) is 64.2 Å². The zero-order valence-corrected chi connectivity index (χ0v) is 17.1. The number of aryl methyl sites for hydroxylation is 2. The Labute approximate surface area is 167 Å². The number of benzene rings is 1. The Bertz CT molecular complexity index is 733. The van der Waals surface area contributed by atoms with E-state index in [9.17, 15) is 4.79 Å². The van der Waals surface area contributed by atoms with Crippen LogP contribution in [0.1, 0.15) is 53.9 Å². The van der Waals surface area contributed by atoms with Gasteiger partial charge in [-0.2, -0.15) is 5.10 Å². The minimum atomic E-state index is -0.254. The van der Waals surface area contributed by atoms with Crippen molar-refractivity contribution in [3.8, 4) is 0 Å². The molecule has 144 valence electrons. The summed E-state index contributed by atoms with van der Waals surface area (Å²) in [6, 6.07) is 9.72.